The van der Waals surface area contributed by atoms with Crippen molar-refractivity contribution in [2.45, 2.75) is 13.0 Å². The molecule has 1 amide bonds. The van der Waals surface area contributed by atoms with Crippen molar-refractivity contribution in [3.05, 3.63) is 65.0 Å². The maximum atomic E-state index is 12.8. The predicted octanol–water partition coefficient (Wildman–Crippen LogP) is 2.47. The third-order valence-corrected chi connectivity index (χ3v) is 4.77. The van der Waals surface area contributed by atoms with E-state index < -0.39 is 17.7 Å². The molecule has 1 atom stereocenters. The molecular formula is C21H22N2O5. The van der Waals surface area contributed by atoms with Crippen molar-refractivity contribution in [3.63, 3.8) is 0 Å². The van der Waals surface area contributed by atoms with E-state index >= 15 is 0 Å². The van der Waals surface area contributed by atoms with Crippen LogP contribution in [0.25, 0.3) is 5.76 Å². The molecule has 7 heteroatoms. The van der Waals surface area contributed by atoms with Crippen molar-refractivity contribution < 1.29 is 24.2 Å². The zero-order chi connectivity index (χ0) is 20.3. The van der Waals surface area contributed by atoms with E-state index in [9.17, 15) is 14.7 Å². The molecule has 1 N–H and O–H groups in total. The molecule has 0 radical (unpaired) electrons. The monoisotopic (exact) mass is 382 g/mol. The van der Waals surface area contributed by atoms with Crippen molar-refractivity contribution in [3.8, 4) is 5.75 Å². The Morgan fingerprint density at radius 3 is 2.50 bits per heavy atom. The Kier molecular flexibility index (Phi) is 5.75. The maximum absolute atomic E-state index is 12.8. The SMILES string of the molecule is COCCN1C(=O)C(=O)/C(=C(/O)c2ccc(OC)c(C)c2)[C@@H]1c1ccncc1. The number of carbonyl (C=O) groups excluding carboxylic acids is 2. The van der Waals surface area contributed by atoms with E-state index in [-0.39, 0.29) is 24.5 Å². The van der Waals surface area contributed by atoms with E-state index in [1.54, 1.807) is 49.8 Å². The van der Waals surface area contributed by atoms with Crippen LogP contribution in [0.15, 0.2) is 48.3 Å². The lowest BCUT2D eigenvalue weighted by atomic mass is 9.95. The highest BCUT2D eigenvalue weighted by Gasteiger charge is 2.45. The smallest absolute Gasteiger partial charge is 0.295 e. The summed E-state index contributed by atoms with van der Waals surface area (Å²) in [4.78, 5) is 30.9. The first-order valence-corrected chi connectivity index (χ1v) is 8.81. The Morgan fingerprint density at radius 1 is 1.18 bits per heavy atom. The zero-order valence-electron chi connectivity index (χ0n) is 16.0. The van der Waals surface area contributed by atoms with Gasteiger partial charge in [0, 0.05) is 31.6 Å². The standard InChI is InChI=1S/C21H22N2O5/c1-13-12-15(4-5-16(13)28-3)19(24)17-18(14-6-8-22-9-7-14)23(10-11-27-2)21(26)20(17)25/h4-9,12,18,24H,10-11H2,1-3H3/b19-17+/t18-/m0/s1. The third kappa shape index (κ3) is 3.48. The molecule has 1 aliphatic heterocycles. The summed E-state index contributed by atoms with van der Waals surface area (Å²) in [6.07, 6.45) is 3.17. The number of likely N-dealkylation sites (tertiary alicyclic amines) is 1. The number of aryl methyl sites for hydroxylation is 1. The Balaban J connectivity index is 2.15. The molecule has 2 aromatic rings. The molecule has 0 aliphatic carbocycles. The minimum absolute atomic E-state index is 0.0527. The van der Waals surface area contributed by atoms with E-state index in [4.69, 9.17) is 9.47 Å². The Bertz CT molecular complexity index is 924. The van der Waals surface area contributed by atoms with Gasteiger partial charge in [-0.05, 0) is 48.4 Å². The average molecular weight is 382 g/mol. The maximum Gasteiger partial charge on any atom is 0.295 e. The largest absolute Gasteiger partial charge is 0.507 e. The number of aliphatic hydroxyl groups is 1. The number of carbonyl (C=O) groups is 2. The number of Topliss-reactive ketones (excluding diaryl/α,β-unsaturated/α-hetero) is 1. The number of aromatic nitrogens is 1. The highest BCUT2D eigenvalue weighted by atomic mass is 16.5. The number of rotatable bonds is 6. The van der Waals surface area contributed by atoms with Crippen molar-refractivity contribution in [2.24, 2.45) is 0 Å². The molecule has 1 fully saturated rings. The summed E-state index contributed by atoms with van der Waals surface area (Å²) >= 11 is 0. The molecular weight excluding hydrogens is 360 g/mol. The summed E-state index contributed by atoms with van der Waals surface area (Å²) in [6, 6.07) is 7.84. The second-order valence-electron chi connectivity index (χ2n) is 6.45. The molecule has 28 heavy (non-hydrogen) atoms. The van der Waals surface area contributed by atoms with Crippen molar-refractivity contribution in [1.29, 1.82) is 0 Å². The van der Waals surface area contributed by atoms with Crippen molar-refractivity contribution >= 4 is 17.4 Å². The Morgan fingerprint density at radius 2 is 1.89 bits per heavy atom. The van der Waals surface area contributed by atoms with Gasteiger partial charge >= 0.3 is 0 Å². The van der Waals surface area contributed by atoms with Crippen LogP contribution in [-0.2, 0) is 14.3 Å². The van der Waals surface area contributed by atoms with Gasteiger partial charge in [0.15, 0.2) is 0 Å². The fraction of sp³-hybridized carbons (Fsp3) is 0.286. The third-order valence-electron chi connectivity index (χ3n) is 4.77. The van der Waals surface area contributed by atoms with Gasteiger partial charge in [-0.2, -0.15) is 0 Å². The number of aliphatic hydroxyl groups excluding tert-OH is 1. The van der Waals surface area contributed by atoms with Gasteiger partial charge in [-0.1, -0.05) is 0 Å². The summed E-state index contributed by atoms with van der Waals surface area (Å²) in [5.74, 6) is -0.928. The highest BCUT2D eigenvalue weighted by molar-refractivity contribution is 6.46. The number of amides is 1. The minimum Gasteiger partial charge on any atom is -0.507 e. The molecule has 0 spiro atoms. The molecule has 1 saturated heterocycles. The van der Waals surface area contributed by atoms with Crippen LogP contribution in [0, 0.1) is 6.92 Å². The topological polar surface area (TPSA) is 89.0 Å². The highest BCUT2D eigenvalue weighted by Crippen LogP contribution is 2.39. The summed E-state index contributed by atoms with van der Waals surface area (Å²) in [7, 11) is 3.09. The van der Waals surface area contributed by atoms with Crippen LogP contribution in [0.5, 0.6) is 5.75 Å². The fourth-order valence-electron chi connectivity index (χ4n) is 3.37. The number of hydrogen-bond donors (Lipinski definition) is 1. The normalized spacial score (nSPS) is 18.5. The Labute approximate surface area is 163 Å². The van der Waals surface area contributed by atoms with Gasteiger partial charge in [0.2, 0.25) is 0 Å². The Hall–Kier alpha value is -3.19. The average Bonchev–Trinajstić information content (AvgIpc) is 2.97. The number of benzene rings is 1. The minimum atomic E-state index is -0.719. The van der Waals surface area contributed by atoms with Gasteiger partial charge in [0.25, 0.3) is 11.7 Å². The molecule has 1 aromatic heterocycles. The summed E-state index contributed by atoms with van der Waals surface area (Å²) < 4.78 is 10.3. The number of methoxy groups -OCH3 is 2. The van der Waals surface area contributed by atoms with E-state index in [0.29, 0.717) is 16.9 Å². The number of nitrogens with zero attached hydrogens (tertiary/aromatic N) is 2. The van der Waals surface area contributed by atoms with Crippen LogP contribution in [-0.4, -0.2) is 54.1 Å². The van der Waals surface area contributed by atoms with Gasteiger partial charge in [-0.15, -0.1) is 0 Å². The lowest BCUT2D eigenvalue weighted by molar-refractivity contribution is -0.140. The number of hydrogen-bond acceptors (Lipinski definition) is 6. The van der Waals surface area contributed by atoms with E-state index in [2.05, 4.69) is 4.98 Å². The van der Waals surface area contributed by atoms with Gasteiger partial charge in [-0.3, -0.25) is 14.6 Å². The van der Waals surface area contributed by atoms with Gasteiger partial charge in [0.1, 0.15) is 11.5 Å². The van der Waals surface area contributed by atoms with Crippen LogP contribution >= 0.6 is 0 Å². The summed E-state index contributed by atoms with van der Waals surface area (Å²) in [6.45, 7) is 2.34. The quantitative estimate of drug-likeness (QED) is 0.469. The molecule has 3 rings (SSSR count). The molecule has 1 aliphatic rings. The number of ketones is 1. The van der Waals surface area contributed by atoms with E-state index in [1.807, 2.05) is 6.92 Å². The van der Waals surface area contributed by atoms with Crippen molar-refractivity contribution in [1.82, 2.24) is 9.88 Å². The van der Waals surface area contributed by atoms with Gasteiger partial charge in [0.05, 0.1) is 25.3 Å². The second kappa shape index (κ2) is 8.22. The number of pyridine rings is 1. The van der Waals surface area contributed by atoms with Crippen LogP contribution in [0.4, 0.5) is 0 Å². The molecule has 0 saturated carbocycles. The fourth-order valence-corrected chi connectivity index (χ4v) is 3.37. The zero-order valence-corrected chi connectivity index (χ0v) is 16.0. The van der Waals surface area contributed by atoms with Crippen molar-refractivity contribution in [2.75, 3.05) is 27.4 Å². The molecule has 7 nitrogen and oxygen atoms in total. The lowest BCUT2D eigenvalue weighted by Gasteiger charge is -2.24. The first-order valence-electron chi connectivity index (χ1n) is 8.81. The van der Waals surface area contributed by atoms with Crippen LogP contribution < -0.4 is 4.74 Å². The van der Waals surface area contributed by atoms with Crippen LogP contribution in [0.1, 0.15) is 22.7 Å². The summed E-state index contributed by atoms with van der Waals surface area (Å²) in [5, 5.41) is 11.0. The lowest BCUT2D eigenvalue weighted by Crippen LogP contribution is -2.32. The molecule has 146 valence electrons. The van der Waals surface area contributed by atoms with Gasteiger partial charge < -0.3 is 19.5 Å². The second-order valence-corrected chi connectivity index (χ2v) is 6.45. The van der Waals surface area contributed by atoms with E-state index in [0.717, 1.165) is 5.56 Å². The van der Waals surface area contributed by atoms with Gasteiger partial charge in [-0.25, -0.2) is 0 Å². The van der Waals surface area contributed by atoms with Crippen LogP contribution in [0.3, 0.4) is 0 Å². The molecule has 0 unspecified atom stereocenters. The van der Waals surface area contributed by atoms with Crippen LogP contribution in [0.2, 0.25) is 0 Å². The van der Waals surface area contributed by atoms with E-state index in [1.165, 1.54) is 12.0 Å². The molecule has 2 heterocycles. The summed E-state index contributed by atoms with van der Waals surface area (Å²) in [5.41, 5.74) is 2.00. The number of ether oxygens (including phenoxy) is 2. The molecule has 0 bridgehead atoms. The predicted molar refractivity (Wildman–Crippen MR) is 103 cm³/mol. The first kappa shape index (κ1) is 19.6. The molecule has 1 aromatic carbocycles. The first-order chi connectivity index (χ1) is 13.5.